The molecule has 10 heteroatoms. The van der Waals surface area contributed by atoms with E-state index in [2.05, 4.69) is 26.2 Å². The quantitative estimate of drug-likeness (QED) is 0.229. The lowest BCUT2D eigenvalue weighted by Gasteiger charge is -2.13. The first-order valence-electron chi connectivity index (χ1n) is 11.0. The smallest absolute Gasteiger partial charge is 0.364 e. The van der Waals surface area contributed by atoms with Gasteiger partial charge in [-0.15, -0.1) is 5.10 Å². The molecule has 8 nitrogen and oxygen atoms in total. The number of ether oxygens (including phenoxy) is 4. The van der Waals surface area contributed by atoms with Crippen molar-refractivity contribution in [3.8, 4) is 23.1 Å². The van der Waals surface area contributed by atoms with E-state index in [4.69, 9.17) is 18.9 Å². The molecule has 1 heterocycles. The van der Waals surface area contributed by atoms with Gasteiger partial charge in [0, 0.05) is 6.07 Å². The van der Waals surface area contributed by atoms with Crippen LogP contribution in [0.1, 0.15) is 28.5 Å². The van der Waals surface area contributed by atoms with Gasteiger partial charge < -0.3 is 18.9 Å². The zero-order valence-electron chi connectivity index (χ0n) is 19.6. The van der Waals surface area contributed by atoms with Crippen LogP contribution in [0.15, 0.2) is 71.2 Å². The minimum atomic E-state index is -0.640. The average Bonchev–Trinajstić information content (AvgIpc) is 3.27. The molecule has 0 aliphatic heterocycles. The largest absolute Gasteiger partial charge is 0.497 e. The Morgan fingerprint density at radius 1 is 1.00 bits per heavy atom. The van der Waals surface area contributed by atoms with Crippen molar-refractivity contribution in [2.24, 2.45) is 0 Å². The van der Waals surface area contributed by atoms with E-state index in [0.29, 0.717) is 22.5 Å². The monoisotopic (exact) mass is 555 g/mol. The first kappa shape index (κ1) is 25.2. The second kappa shape index (κ2) is 11.7. The van der Waals surface area contributed by atoms with Crippen molar-refractivity contribution in [2.75, 3.05) is 13.7 Å². The van der Waals surface area contributed by atoms with Gasteiger partial charge in [-0.05, 0) is 70.4 Å². The van der Waals surface area contributed by atoms with Gasteiger partial charge in [0.1, 0.15) is 29.7 Å². The van der Waals surface area contributed by atoms with E-state index in [0.717, 1.165) is 16.9 Å². The number of hydrogen-bond donors (Lipinski definition) is 0. The zero-order chi connectivity index (χ0) is 25.5. The highest BCUT2D eigenvalue weighted by atomic mass is 79.9. The van der Waals surface area contributed by atoms with Crippen molar-refractivity contribution >= 4 is 21.9 Å². The minimum Gasteiger partial charge on any atom is -0.497 e. The lowest BCUT2D eigenvalue weighted by Crippen LogP contribution is -2.09. The van der Waals surface area contributed by atoms with Gasteiger partial charge in [0.15, 0.2) is 0 Å². The van der Waals surface area contributed by atoms with Crippen LogP contribution in [0.4, 0.5) is 4.39 Å². The first-order valence-corrected chi connectivity index (χ1v) is 11.8. The van der Waals surface area contributed by atoms with E-state index in [1.165, 1.54) is 16.8 Å². The number of rotatable bonds is 10. The third-order valence-electron chi connectivity index (χ3n) is 5.07. The van der Waals surface area contributed by atoms with Crippen LogP contribution in [0.25, 0.3) is 0 Å². The zero-order valence-corrected chi connectivity index (χ0v) is 21.2. The highest BCUT2D eigenvalue weighted by Gasteiger charge is 2.24. The van der Waals surface area contributed by atoms with E-state index in [1.54, 1.807) is 44.4 Å². The summed E-state index contributed by atoms with van der Waals surface area (Å²) in [6.45, 7) is 2.42. The van der Waals surface area contributed by atoms with Crippen molar-refractivity contribution < 1.29 is 28.1 Å². The normalized spacial score (nSPS) is 10.7. The van der Waals surface area contributed by atoms with Crippen LogP contribution in [0.3, 0.4) is 0 Å². The van der Waals surface area contributed by atoms with E-state index in [-0.39, 0.29) is 30.6 Å². The molecule has 0 saturated carbocycles. The highest BCUT2D eigenvalue weighted by Crippen LogP contribution is 2.33. The number of benzene rings is 3. The van der Waals surface area contributed by atoms with Crippen LogP contribution in [0.5, 0.6) is 23.1 Å². The highest BCUT2D eigenvalue weighted by molar-refractivity contribution is 9.10. The molecule has 0 fully saturated rings. The fraction of sp³-hybridized carbons (Fsp3) is 0.192. The number of carbonyl (C=O) groups excluding carboxylic acids is 1. The molecule has 0 radical (unpaired) electrons. The maximum Gasteiger partial charge on any atom is 0.364 e. The van der Waals surface area contributed by atoms with Crippen molar-refractivity contribution in [3.63, 3.8) is 0 Å². The molecular weight excluding hydrogens is 533 g/mol. The van der Waals surface area contributed by atoms with Gasteiger partial charge in [-0.1, -0.05) is 29.5 Å². The number of methoxy groups -OCH3 is 1. The molecule has 3 aromatic carbocycles. The molecular formula is C26H23BrFN3O5. The van der Waals surface area contributed by atoms with Gasteiger partial charge in [0.2, 0.25) is 5.69 Å². The van der Waals surface area contributed by atoms with Gasteiger partial charge in [0.05, 0.1) is 24.7 Å². The third-order valence-corrected chi connectivity index (χ3v) is 5.73. The summed E-state index contributed by atoms with van der Waals surface area (Å²) >= 11 is 3.47. The van der Waals surface area contributed by atoms with E-state index in [9.17, 15) is 9.18 Å². The Balaban J connectivity index is 1.58. The van der Waals surface area contributed by atoms with Gasteiger partial charge in [-0.2, -0.15) is 0 Å². The number of nitrogens with zero attached hydrogens (tertiary/aromatic N) is 3. The molecule has 0 spiro atoms. The molecule has 0 amide bonds. The second-order valence-corrected chi connectivity index (χ2v) is 8.43. The van der Waals surface area contributed by atoms with Crippen LogP contribution >= 0.6 is 15.9 Å². The van der Waals surface area contributed by atoms with Crippen molar-refractivity contribution in [2.45, 2.75) is 20.1 Å². The summed E-state index contributed by atoms with van der Waals surface area (Å²) in [4.78, 5) is 12.5. The Hall–Kier alpha value is -3.92. The number of halogens is 2. The van der Waals surface area contributed by atoms with E-state index in [1.807, 2.05) is 24.3 Å². The predicted octanol–water partition coefficient (Wildman–Crippen LogP) is 5.78. The third kappa shape index (κ3) is 6.19. The van der Waals surface area contributed by atoms with Crippen LogP contribution < -0.4 is 14.2 Å². The molecule has 0 bridgehead atoms. The Kier molecular flexibility index (Phi) is 8.17. The number of esters is 1. The lowest BCUT2D eigenvalue weighted by molar-refractivity contribution is 0.0516. The standard InChI is InChI=1S/C26H23BrFN3O5/c1-3-34-26(32)24-25(31(30-29-24)15-17-6-10-20(33-2)11-7-17)36-21-12-13-22(27)23(14-21)35-16-18-4-8-19(28)9-5-18/h4-14H,3,15-16H2,1-2H3. The van der Waals surface area contributed by atoms with Crippen LogP contribution in [-0.4, -0.2) is 34.7 Å². The molecule has 0 N–H and O–H groups in total. The number of aromatic nitrogens is 3. The van der Waals surface area contributed by atoms with Crippen LogP contribution in [0, 0.1) is 5.82 Å². The topological polar surface area (TPSA) is 84.7 Å². The van der Waals surface area contributed by atoms with Gasteiger partial charge in [0.25, 0.3) is 5.88 Å². The van der Waals surface area contributed by atoms with Crippen molar-refractivity contribution in [3.05, 3.63) is 93.8 Å². The maximum absolute atomic E-state index is 13.2. The molecule has 1 aromatic heterocycles. The molecule has 0 saturated heterocycles. The summed E-state index contributed by atoms with van der Waals surface area (Å²) in [7, 11) is 1.60. The summed E-state index contributed by atoms with van der Waals surface area (Å²) < 4.78 is 37.7. The molecule has 36 heavy (non-hydrogen) atoms. The van der Waals surface area contributed by atoms with Gasteiger partial charge in [-0.25, -0.2) is 13.9 Å². The Bertz CT molecular complexity index is 1330. The van der Waals surface area contributed by atoms with Crippen molar-refractivity contribution in [1.82, 2.24) is 15.0 Å². The number of hydrogen-bond acceptors (Lipinski definition) is 7. The Morgan fingerprint density at radius 2 is 1.69 bits per heavy atom. The summed E-state index contributed by atoms with van der Waals surface area (Å²) in [5, 5.41) is 8.12. The first-order chi connectivity index (χ1) is 17.5. The predicted molar refractivity (Wildman–Crippen MR) is 133 cm³/mol. The average molecular weight is 556 g/mol. The summed E-state index contributed by atoms with van der Waals surface area (Å²) in [6, 6.07) is 18.6. The fourth-order valence-corrected chi connectivity index (χ4v) is 3.61. The molecule has 0 aliphatic carbocycles. The summed E-state index contributed by atoms with van der Waals surface area (Å²) in [5.41, 5.74) is 1.67. The Labute approximate surface area is 215 Å². The van der Waals surface area contributed by atoms with Crippen molar-refractivity contribution in [1.29, 1.82) is 0 Å². The van der Waals surface area contributed by atoms with E-state index >= 15 is 0 Å². The number of carbonyl (C=O) groups is 1. The molecule has 4 rings (SSSR count). The SMILES string of the molecule is CCOC(=O)c1nnn(Cc2ccc(OC)cc2)c1Oc1ccc(Br)c(OCc2ccc(F)cc2)c1. The minimum absolute atomic E-state index is 0.0398. The molecule has 0 unspecified atom stereocenters. The molecule has 0 aliphatic rings. The van der Waals surface area contributed by atoms with E-state index < -0.39 is 5.97 Å². The summed E-state index contributed by atoms with van der Waals surface area (Å²) in [6.07, 6.45) is 0. The van der Waals surface area contributed by atoms with Gasteiger partial charge >= 0.3 is 5.97 Å². The molecule has 4 aromatic rings. The van der Waals surface area contributed by atoms with Gasteiger partial charge in [-0.3, -0.25) is 0 Å². The van der Waals surface area contributed by atoms with Crippen LogP contribution in [0.2, 0.25) is 0 Å². The maximum atomic E-state index is 13.2. The molecule has 0 atom stereocenters. The summed E-state index contributed by atoms with van der Waals surface area (Å²) in [5.74, 6) is 0.811. The lowest BCUT2D eigenvalue weighted by atomic mass is 10.2. The van der Waals surface area contributed by atoms with Crippen LogP contribution in [-0.2, 0) is 17.9 Å². The second-order valence-electron chi connectivity index (χ2n) is 7.58. The molecule has 186 valence electrons. The fourth-order valence-electron chi connectivity index (χ4n) is 3.25. The Morgan fingerprint density at radius 3 is 2.39 bits per heavy atom.